The van der Waals surface area contributed by atoms with Crippen LogP contribution in [0.1, 0.15) is 12.8 Å². The minimum absolute atomic E-state index is 0. The molecule has 0 atom stereocenters. The lowest BCUT2D eigenvalue weighted by atomic mass is 10.3. The van der Waals surface area contributed by atoms with Crippen molar-refractivity contribution >= 4 is 29.8 Å². The molecule has 0 amide bonds. The molecule has 1 aliphatic heterocycles. The van der Waals surface area contributed by atoms with Gasteiger partial charge in [-0.05, 0) is 6.42 Å². The van der Waals surface area contributed by atoms with Gasteiger partial charge in [0.05, 0.1) is 12.4 Å². The highest BCUT2D eigenvalue weighted by Crippen LogP contribution is 1.96. The SMILES string of the molecule is Cl.ClCCCC1=NCCN1. The molecule has 60 valence electrons. The first-order chi connectivity index (χ1) is 4.43. The van der Waals surface area contributed by atoms with Crippen molar-refractivity contribution in [1.82, 2.24) is 5.32 Å². The zero-order valence-electron chi connectivity index (χ0n) is 5.77. The highest BCUT2D eigenvalue weighted by molar-refractivity contribution is 6.17. The Labute approximate surface area is 72.5 Å². The van der Waals surface area contributed by atoms with Crippen molar-refractivity contribution < 1.29 is 0 Å². The van der Waals surface area contributed by atoms with E-state index < -0.39 is 0 Å². The molecule has 1 rings (SSSR count). The summed E-state index contributed by atoms with van der Waals surface area (Å²) in [5.41, 5.74) is 0. The quantitative estimate of drug-likeness (QED) is 0.657. The van der Waals surface area contributed by atoms with E-state index in [0.29, 0.717) is 0 Å². The highest BCUT2D eigenvalue weighted by atomic mass is 35.5. The molecule has 4 heteroatoms. The topological polar surface area (TPSA) is 24.4 Å². The molecule has 0 aromatic carbocycles. The van der Waals surface area contributed by atoms with E-state index in [1.807, 2.05) is 0 Å². The molecule has 1 aliphatic rings. The van der Waals surface area contributed by atoms with E-state index in [-0.39, 0.29) is 12.4 Å². The molecule has 0 radical (unpaired) electrons. The predicted molar refractivity (Wildman–Crippen MR) is 47.5 cm³/mol. The second-order valence-electron chi connectivity index (χ2n) is 2.05. The number of aliphatic imine (C=N–C) groups is 1. The van der Waals surface area contributed by atoms with Gasteiger partial charge in [-0.25, -0.2) is 0 Å². The van der Waals surface area contributed by atoms with Crippen LogP contribution < -0.4 is 5.32 Å². The number of hydrogen-bond donors (Lipinski definition) is 1. The number of amidine groups is 1. The lowest BCUT2D eigenvalue weighted by Crippen LogP contribution is -2.18. The molecule has 0 bridgehead atoms. The molecule has 0 spiro atoms. The minimum atomic E-state index is 0. The van der Waals surface area contributed by atoms with Gasteiger partial charge in [0.2, 0.25) is 0 Å². The second kappa shape index (κ2) is 5.81. The first-order valence-corrected chi connectivity index (χ1v) is 3.80. The average Bonchev–Trinajstić information content (AvgIpc) is 2.34. The number of nitrogens with one attached hydrogen (secondary N) is 1. The van der Waals surface area contributed by atoms with E-state index in [0.717, 1.165) is 37.6 Å². The summed E-state index contributed by atoms with van der Waals surface area (Å²) in [7, 11) is 0. The first kappa shape index (κ1) is 10.0. The average molecular weight is 183 g/mol. The summed E-state index contributed by atoms with van der Waals surface area (Å²) < 4.78 is 0. The van der Waals surface area contributed by atoms with Crippen molar-refractivity contribution in [2.24, 2.45) is 4.99 Å². The van der Waals surface area contributed by atoms with Crippen LogP contribution in [0, 0.1) is 0 Å². The molecule has 0 fully saturated rings. The highest BCUT2D eigenvalue weighted by Gasteiger charge is 2.02. The van der Waals surface area contributed by atoms with Crippen LogP contribution in [-0.4, -0.2) is 24.8 Å². The van der Waals surface area contributed by atoms with Crippen LogP contribution in [-0.2, 0) is 0 Å². The van der Waals surface area contributed by atoms with Crippen molar-refractivity contribution in [3.05, 3.63) is 0 Å². The van der Waals surface area contributed by atoms with Crippen molar-refractivity contribution in [2.75, 3.05) is 19.0 Å². The Balaban J connectivity index is 0.000000810. The third kappa shape index (κ3) is 3.28. The largest absolute Gasteiger partial charge is 0.372 e. The molecule has 0 aromatic heterocycles. The van der Waals surface area contributed by atoms with Crippen molar-refractivity contribution in [3.8, 4) is 0 Å². The fourth-order valence-corrected chi connectivity index (χ4v) is 0.982. The number of rotatable bonds is 3. The summed E-state index contributed by atoms with van der Waals surface area (Å²) in [6.07, 6.45) is 2.05. The van der Waals surface area contributed by atoms with Gasteiger partial charge in [0.15, 0.2) is 0 Å². The van der Waals surface area contributed by atoms with Crippen LogP contribution >= 0.6 is 24.0 Å². The van der Waals surface area contributed by atoms with E-state index in [4.69, 9.17) is 11.6 Å². The van der Waals surface area contributed by atoms with E-state index >= 15 is 0 Å². The van der Waals surface area contributed by atoms with Crippen LogP contribution in [0.25, 0.3) is 0 Å². The lowest BCUT2D eigenvalue weighted by Gasteiger charge is -1.97. The van der Waals surface area contributed by atoms with Crippen LogP contribution in [0.4, 0.5) is 0 Å². The van der Waals surface area contributed by atoms with Crippen LogP contribution in [0.3, 0.4) is 0 Å². The minimum Gasteiger partial charge on any atom is -0.372 e. The Hall–Kier alpha value is 0.0500. The third-order valence-electron chi connectivity index (χ3n) is 1.29. The van der Waals surface area contributed by atoms with Crippen LogP contribution in [0.5, 0.6) is 0 Å². The van der Waals surface area contributed by atoms with Gasteiger partial charge < -0.3 is 5.32 Å². The Morgan fingerprint density at radius 2 is 2.40 bits per heavy atom. The number of alkyl halides is 1. The fourth-order valence-electron chi connectivity index (χ4n) is 0.849. The van der Waals surface area contributed by atoms with Crippen molar-refractivity contribution in [1.29, 1.82) is 0 Å². The van der Waals surface area contributed by atoms with Gasteiger partial charge in [-0.15, -0.1) is 24.0 Å². The summed E-state index contributed by atoms with van der Waals surface area (Å²) >= 11 is 5.50. The second-order valence-corrected chi connectivity index (χ2v) is 2.43. The Morgan fingerprint density at radius 3 is 2.90 bits per heavy atom. The van der Waals surface area contributed by atoms with Crippen LogP contribution in [0.15, 0.2) is 4.99 Å². The smallest absolute Gasteiger partial charge is 0.0964 e. The van der Waals surface area contributed by atoms with Gasteiger partial charge >= 0.3 is 0 Å². The summed E-state index contributed by atoms with van der Waals surface area (Å²) in [6.45, 7) is 1.95. The van der Waals surface area contributed by atoms with E-state index in [1.165, 1.54) is 0 Å². The summed E-state index contributed by atoms with van der Waals surface area (Å²) in [5, 5.41) is 3.18. The van der Waals surface area contributed by atoms with Crippen LogP contribution in [0.2, 0.25) is 0 Å². The molecule has 2 nitrogen and oxygen atoms in total. The van der Waals surface area contributed by atoms with Gasteiger partial charge in [0.1, 0.15) is 0 Å². The van der Waals surface area contributed by atoms with Crippen molar-refractivity contribution in [2.45, 2.75) is 12.8 Å². The Morgan fingerprint density at radius 1 is 1.60 bits per heavy atom. The van der Waals surface area contributed by atoms with E-state index in [1.54, 1.807) is 0 Å². The maximum atomic E-state index is 5.50. The predicted octanol–water partition coefficient (Wildman–Crippen LogP) is 1.43. The summed E-state index contributed by atoms with van der Waals surface area (Å²) in [4.78, 5) is 4.22. The molecule has 0 aliphatic carbocycles. The third-order valence-corrected chi connectivity index (χ3v) is 1.56. The van der Waals surface area contributed by atoms with Gasteiger partial charge in [0.25, 0.3) is 0 Å². The standard InChI is InChI=1S/C6H11ClN2.ClH/c7-3-1-2-6-8-4-5-9-6;/h1-5H2,(H,8,9);1H. The molecule has 1 N–H and O–H groups in total. The molecule has 10 heavy (non-hydrogen) atoms. The first-order valence-electron chi connectivity index (χ1n) is 3.26. The Bertz CT molecular complexity index is 114. The van der Waals surface area contributed by atoms with Gasteiger partial charge in [-0.3, -0.25) is 4.99 Å². The summed E-state index contributed by atoms with van der Waals surface area (Å²) in [6, 6.07) is 0. The van der Waals surface area contributed by atoms with Gasteiger partial charge in [-0.2, -0.15) is 0 Å². The van der Waals surface area contributed by atoms with Gasteiger partial charge in [-0.1, -0.05) is 0 Å². The van der Waals surface area contributed by atoms with E-state index in [2.05, 4.69) is 10.3 Å². The molecule has 0 saturated heterocycles. The normalized spacial score (nSPS) is 15.5. The maximum absolute atomic E-state index is 5.50. The van der Waals surface area contributed by atoms with Crippen molar-refractivity contribution in [3.63, 3.8) is 0 Å². The lowest BCUT2D eigenvalue weighted by molar-refractivity contribution is 0.924. The molecule has 0 aromatic rings. The molecule has 1 heterocycles. The molecular formula is C6H12Cl2N2. The number of halogens is 2. The zero-order valence-corrected chi connectivity index (χ0v) is 7.34. The summed E-state index contributed by atoms with van der Waals surface area (Å²) in [5.74, 6) is 1.87. The monoisotopic (exact) mass is 182 g/mol. The fraction of sp³-hybridized carbons (Fsp3) is 0.833. The Kier molecular flexibility index (Phi) is 5.84. The number of nitrogens with zero attached hydrogens (tertiary/aromatic N) is 1. The molecule has 0 saturated carbocycles. The van der Waals surface area contributed by atoms with E-state index in [9.17, 15) is 0 Å². The van der Waals surface area contributed by atoms with Gasteiger partial charge in [0, 0.05) is 18.8 Å². The molecular weight excluding hydrogens is 171 g/mol. The molecule has 0 unspecified atom stereocenters. The zero-order chi connectivity index (χ0) is 6.53. The maximum Gasteiger partial charge on any atom is 0.0964 e. The number of hydrogen-bond acceptors (Lipinski definition) is 2.